The molecular formula is C13H10F2N2O3. The van der Waals surface area contributed by atoms with Crippen LogP contribution in [0.4, 0.5) is 14.5 Å². The van der Waals surface area contributed by atoms with Crippen molar-refractivity contribution in [2.24, 2.45) is 0 Å². The Balaban J connectivity index is 2.07. The molecule has 1 heterocycles. The molecule has 0 spiro atoms. The van der Waals surface area contributed by atoms with Gasteiger partial charge >= 0.3 is 12.5 Å². The van der Waals surface area contributed by atoms with E-state index >= 15 is 0 Å². The number of hydrogen-bond acceptors (Lipinski definition) is 3. The Hall–Kier alpha value is -2.70. The molecule has 1 aromatic heterocycles. The molecule has 0 bridgehead atoms. The summed E-state index contributed by atoms with van der Waals surface area (Å²) in [6.45, 7) is -2.90. The second kappa shape index (κ2) is 5.96. The molecule has 0 saturated heterocycles. The van der Waals surface area contributed by atoms with Gasteiger partial charge in [0.25, 0.3) is 5.69 Å². The largest absolute Gasteiger partial charge is 0.618 e. The van der Waals surface area contributed by atoms with Crippen LogP contribution in [0.15, 0.2) is 48.7 Å². The molecule has 104 valence electrons. The van der Waals surface area contributed by atoms with Gasteiger partial charge in [-0.1, -0.05) is 0 Å². The van der Waals surface area contributed by atoms with Gasteiger partial charge in [0.15, 0.2) is 6.20 Å². The minimum absolute atomic E-state index is 0.0170. The Kier molecular flexibility index (Phi) is 4.09. The van der Waals surface area contributed by atoms with E-state index in [0.29, 0.717) is 10.4 Å². The van der Waals surface area contributed by atoms with Crippen LogP contribution in [0.5, 0.6) is 5.75 Å². The van der Waals surface area contributed by atoms with Gasteiger partial charge in [-0.05, 0) is 30.3 Å². The Morgan fingerprint density at radius 2 is 1.90 bits per heavy atom. The molecule has 0 radical (unpaired) electrons. The zero-order valence-electron chi connectivity index (χ0n) is 10.1. The van der Waals surface area contributed by atoms with Gasteiger partial charge in [0.05, 0.1) is 0 Å². The third-order valence-corrected chi connectivity index (χ3v) is 2.39. The number of anilines is 1. The maximum absolute atomic E-state index is 12.0. The molecule has 20 heavy (non-hydrogen) atoms. The van der Waals surface area contributed by atoms with Crippen molar-refractivity contribution < 1.29 is 23.0 Å². The average Bonchev–Trinajstić information content (AvgIpc) is 2.41. The summed E-state index contributed by atoms with van der Waals surface area (Å²) in [5.74, 6) is -0.611. The number of ether oxygens (including phenoxy) is 1. The lowest BCUT2D eigenvalue weighted by atomic mass is 10.3. The topological polar surface area (TPSA) is 65.3 Å². The molecule has 1 N–H and O–H groups in total. The number of alkyl halides is 2. The van der Waals surface area contributed by atoms with Crippen molar-refractivity contribution in [3.05, 3.63) is 59.6 Å². The first-order chi connectivity index (χ1) is 9.56. The van der Waals surface area contributed by atoms with Crippen LogP contribution in [0.2, 0.25) is 0 Å². The van der Waals surface area contributed by atoms with E-state index in [1.165, 1.54) is 42.6 Å². The third-order valence-electron chi connectivity index (χ3n) is 2.39. The molecule has 0 fully saturated rings. The molecule has 0 aliphatic carbocycles. The molecule has 0 unspecified atom stereocenters. The zero-order valence-corrected chi connectivity index (χ0v) is 10.1. The van der Waals surface area contributed by atoms with Crippen molar-refractivity contribution in [2.45, 2.75) is 6.61 Å². The highest BCUT2D eigenvalue weighted by atomic mass is 19.3. The van der Waals surface area contributed by atoms with Crippen LogP contribution in [0.3, 0.4) is 0 Å². The molecule has 0 saturated carbocycles. The minimum atomic E-state index is -2.90. The Morgan fingerprint density at radius 3 is 2.50 bits per heavy atom. The average molecular weight is 280 g/mol. The molecule has 1 aromatic carbocycles. The number of rotatable bonds is 4. The second-order valence-electron chi connectivity index (χ2n) is 3.77. The number of amides is 1. The van der Waals surface area contributed by atoms with Crippen LogP contribution in [-0.4, -0.2) is 12.5 Å². The van der Waals surface area contributed by atoms with Crippen LogP contribution in [0, 0.1) is 5.21 Å². The summed E-state index contributed by atoms with van der Waals surface area (Å²) in [5, 5.41) is 13.9. The molecule has 5 nitrogen and oxygen atoms in total. The fraction of sp³-hybridized carbons (Fsp3) is 0.0769. The van der Waals surface area contributed by atoms with Gasteiger partial charge in [0.2, 0.25) is 0 Å². The fourth-order valence-electron chi connectivity index (χ4n) is 1.52. The molecule has 7 heteroatoms. The standard InChI is InChI=1S/C13H10F2N2O3/c14-13(15)20-10-6-4-9(5-7-10)16-12(18)11-3-1-2-8-17(11)19/h1-8,13H,(H,16,18). The quantitative estimate of drug-likeness (QED) is 0.689. The Morgan fingerprint density at radius 1 is 1.20 bits per heavy atom. The number of aromatic nitrogens is 1. The summed E-state index contributed by atoms with van der Waals surface area (Å²) < 4.78 is 28.5. The number of halogens is 2. The first kappa shape index (κ1) is 13.7. The first-order valence-electron chi connectivity index (χ1n) is 5.60. The SMILES string of the molecule is O=C(Nc1ccc(OC(F)F)cc1)c1cccc[n+]1[O-]. The van der Waals surface area contributed by atoms with Crippen LogP contribution in [0.1, 0.15) is 10.5 Å². The van der Waals surface area contributed by atoms with Crippen LogP contribution >= 0.6 is 0 Å². The van der Waals surface area contributed by atoms with Gasteiger partial charge in [-0.2, -0.15) is 13.5 Å². The van der Waals surface area contributed by atoms with E-state index in [4.69, 9.17) is 0 Å². The maximum atomic E-state index is 12.0. The molecule has 2 rings (SSSR count). The minimum Gasteiger partial charge on any atom is -0.618 e. The van der Waals surface area contributed by atoms with Gasteiger partial charge in [-0.15, -0.1) is 0 Å². The van der Waals surface area contributed by atoms with Crippen LogP contribution in [0.25, 0.3) is 0 Å². The van der Waals surface area contributed by atoms with E-state index in [-0.39, 0.29) is 11.4 Å². The van der Waals surface area contributed by atoms with E-state index in [1.54, 1.807) is 6.07 Å². The zero-order chi connectivity index (χ0) is 14.5. The number of pyridine rings is 1. The molecule has 0 aliphatic heterocycles. The lowest BCUT2D eigenvalue weighted by Gasteiger charge is -2.07. The number of hydrogen-bond donors (Lipinski definition) is 1. The number of carbonyl (C=O) groups excluding carboxylic acids is 1. The Bertz CT molecular complexity index is 603. The lowest BCUT2D eigenvalue weighted by Crippen LogP contribution is -2.36. The predicted octanol–water partition coefficient (Wildman–Crippen LogP) is 2.17. The van der Waals surface area contributed by atoms with Gasteiger partial charge < -0.3 is 15.3 Å². The highest BCUT2D eigenvalue weighted by Crippen LogP contribution is 2.17. The fourth-order valence-corrected chi connectivity index (χ4v) is 1.52. The summed E-state index contributed by atoms with van der Waals surface area (Å²) in [7, 11) is 0. The van der Waals surface area contributed by atoms with Crippen molar-refractivity contribution in [3.63, 3.8) is 0 Å². The smallest absolute Gasteiger partial charge is 0.387 e. The van der Waals surface area contributed by atoms with E-state index in [1.807, 2.05) is 0 Å². The van der Waals surface area contributed by atoms with Crippen molar-refractivity contribution in [2.75, 3.05) is 5.32 Å². The number of benzene rings is 1. The molecule has 0 aliphatic rings. The van der Waals surface area contributed by atoms with Crippen LogP contribution < -0.4 is 14.8 Å². The van der Waals surface area contributed by atoms with E-state index in [2.05, 4.69) is 10.1 Å². The predicted molar refractivity (Wildman–Crippen MR) is 66.4 cm³/mol. The number of nitrogens with zero attached hydrogens (tertiary/aromatic N) is 1. The van der Waals surface area contributed by atoms with Crippen molar-refractivity contribution in [3.8, 4) is 5.75 Å². The van der Waals surface area contributed by atoms with Gasteiger partial charge in [0.1, 0.15) is 5.75 Å². The summed E-state index contributed by atoms with van der Waals surface area (Å²) in [5.41, 5.74) is 0.292. The van der Waals surface area contributed by atoms with Crippen molar-refractivity contribution in [1.29, 1.82) is 0 Å². The summed E-state index contributed by atoms with van der Waals surface area (Å²) in [6.07, 6.45) is 1.20. The van der Waals surface area contributed by atoms with E-state index in [0.717, 1.165) is 0 Å². The number of carbonyl (C=O) groups is 1. The Labute approximate surface area is 113 Å². The maximum Gasteiger partial charge on any atom is 0.387 e. The number of nitrogens with one attached hydrogen (secondary N) is 1. The van der Waals surface area contributed by atoms with E-state index in [9.17, 15) is 18.8 Å². The summed E-state index contributed by atoms with van der Waals surface area (Å²) in [6, 6.07) is 9.80. The lowest BCUT2D eigenvalue weighted by molar-refractivity contribution is -0.607. The molecule has 1 amide bonds. The first-order valence-corrected chi connectivity index (χ1v) is 5.60. The third kappa shape index (κ3) is 3.41. The van der Waals surface area contributed by atoms with Crippen LogP contribution in [-0.2, 0) is 0 Å². The highest BCUT2D eigenvalue weighted by molar-refractivity contribution is 6.01. The normalized spacial score (nSPS) is 10.3. The second-order valence-corrected chi connectivity index (χ2v) is 3.77. The van der Waals surface area contributed by atoms with E-state index < -0.39 is 12.5 Å². The van der Waals surface area contributed by atoms with Crippen molar-refractivity contribution in [1.82, 2.24) is 0 Å². The summed E-state index contributed by atoms with van der Waals surface area (Å²) in [4.78, 5) is 11.8. The van der Waals surface area contributed by atoms with Gasteiger partial charge in [-0.3, -0.25) is 4.79 Å². The highest BCUT2D eigenvalue weighted by Gasteiger charge is 2.15. The van der Waals surface area contributed by atoms with Crippen molar-refractivity contribution >= 4 is 11.6 Å². The monoisotopic (exact) mass is 280 g/mol. The molecular weight excluding hydrogens is 270 g/mol. The van der Waals surface area contributed by atoms with Gasteiger partial charge in [-0.25, -0.2) is 0 Å². The molecule has 2 aromatic rings. The summed E-state index contributed by atoms with van der Waals surface area (Å²) >= 11 is 0. The molecule has 0 atom stereocenters. The van der Waals surface area contributed by atoms with Gasteiger partial charge in [0, 0.05) is 17.8 Å².